The van der Waals surface area contributed by atoms with Crippen molar-refractivity contribution in [3.63, 3.8) is 0 Å². The van der Waals surface area contributed by atoms with Crippen molar-refractivity contribution < 1.29 is 19.2 Å². The zero-order valence-corrected chi connectivity index (χ0v) is 15.9. The second-order valence-electron chi connectivity index (χ2n) is 5.01. The normalized spacial score (nSPS) is 10.3. The van der Waals surface area contributed by atoms with E-state index in [0.29, 0.717) is 5.06 Å². The van der Waals surface area contributed by atoms with Gasteiger partial charge >= 0.3 is 5.97 Å². The van der Waals surface area contributed by atoms with Gasteiger partial charge in [-0.05, 0) is 43.6 Å². The Balaban J connectivity index is 0.000000640. The van der Waals surface area contributed by atoms with Crippen LogP contribution in [0.1, 0.15) is 50.0 Å². The van der Waals surface area contributed by atoms with E-state index in [9.17, 15) is 14.4 Å². The van der Waals surface area contributed by atoms with Crippen molar-refractivity contribution in [2.75, 3.05) is 6.26 Å². The molecule has 0 aliphatic carbocycles. The fourth-order valence-corrected chi connectivity index (χ4v) is 1.96. The molecule has 0 N–H and O–H groups in total. The topological polar surface area (TPSA) is 63.7 Å². The zero-order chi connectivity index (χ0) is 18.7. The summed E-state index contributed by atoms with van der Waals surface area (Å²) in [5.41, 5.74) is 1.18. The molecule has 0 saturated heterocycles. The average Bonchev–Trinajstić information content (AvgIpc) is 2.52. The number of aryl methyl sites for hydroxylation is 1. The van der Waals surface area contributed by atoms with Crippen LogP contribution in [0.5, 0.6) is 0 Å². The van der Waals surface area contributed by atoms with Gasteiger partial charge < -0.3 is 4.84 Å². The third-order valence-corrected chi connectivity index (χ3v) is 3.62. The summed E-state index contributed by atoms with van der Waals surface area (Å²) in [6, 6.07) is 6.68. The number of nitrogens with zero attached hydrogens (tertiary/aromatic N) is 1. The first-order valence-electron chi connectivity index (χ1n) is 7.53. The monoisotopic (exact) mass is 351 g/mol. The van der Waals surface area contributed by atoms with Gasteiger partial charge in [-0.1, -0.05) is 30.7 Å². The van der Waals surface area contributed by atoms with Crippen molar-refractivity contribution in [2.45, 2.75) is 41.0 Å². The molecule has 0 aliphatic heterocycles. The molecular weight excluding hydrogens is 326 g/mol. The molecule has 1 aromatic rings. The SMILES string of the molecule is CC(=O)N(OC(=O)c1cccc(C)c1)C(C)=O.CC/C=C(/C)SC. The number of hydrogen-bond donors (Lipinski definition) is 0. The van der Waals surface area contributed by atoms with Gasteiger partial charge in [0.05, 0.1) is 5.56 Å². The van der Waals surface area contributed by atoms with Crippen LogP contribution in [0.15, 0.2) is 35.2 Å². The molecule has 24 heavy (non-hydrogen) atoms. The first-order chi connectivity index (χ1) is 11.2. The Hall–Kier alpha value is -2.08. The van der Waals surface area contributed by atoms with Crippen LogP contribution in [0.4, 0.5) is 0 Å². The highest BCUT2D eigenvalue weighted by atomic mass is 32.2. The van der Waals surface area contributed by atoms with E-state index in [0.717, 1.165) is 25.8 Å². The number of thioether (sulfide) groups is 1. The third-order valence-electron chi connectivity index (χ3n) is 2.81. The number of carbonyl (C=O) groups is 3. The molecule has 0 radical (unpaired) electrons. The standard InChI is InChI=1S/C12H13NO4.C6H12S/c1-8-5-4-6-11(7-8)12(16)17-13(9(2)14)10(3)15;1-4-5-6(2)7-3/h4-7H,1-3H3;5H,4H2,1-3H3/b;6-5-. The van der Waals surface area contributed by atoms with Crippen molar-refractivity contribution >= 4 is 29.5 Å². The molecule has 0 heterocycles. The molecule has 0 aliphatic rings. The average molecular weight is 351 g/mol. The van der Waals surface area contributed by atoms with E-state index >= 15 is 0 Å². The summed E-state index contributed by atoms with van der Waals surface area (Å²) in [5, 5.41) is 0.435. The van der Waals surface area contributed by atoms with Crippen LogP contribution < -0.4 is 0 Å². The van der Waals surface area contributed by atoms with Gasteiger partial charge in [0.2, 0.25) is 0 Å². The predicted molar refractivity (Wildman–Crippen MR) is 97.4 cm³/mol. The lowest BCUT2D eigenvalue weighted by atomic mass is 10.1. The Bertz CT molecular complexity index is 597. The molecule has 0 spiro atoms. The van der Waals surface area contributed by atoms with E-state index in [1.807, 2.05) is 24.8 Å². The molecule has 1 rings (SSSR count). The van der Waals surface area contributed by atoms with Crippen molar-refractivity contribution in [2.24, 2.45) is 0 Å². The summed E-state index contributed by atoms with van der Waals surface area (Å²) >= 11 is 1.81. The molecule has 6 heteroatoms. The molecule has 0 aromatic heterocycles. The van der Waals surface area contributed by atoms with Gasteiger partial charge in [0, 0.05) is 13.8 Å². The van der Waals surface area contributed by atoms with E-state index < -0.39 is 17.8 Å². The minimum absolute atomic E-state index is 0.289. The maximum Gasteiger partial charge on any atom is 0.363 e. The number of allylic oxidation sites excluding steroid dienone is 2. The molecule has 132 valence electrons. The Morgan fingerprint density at radius 3 is 2.12 bits per heavy atom. The highest BCUT2D eigenvalue weighted by Crippen LogP contribution is 2.09. The van der Waals surface area contributed by atoms with Crippen LogP contribution >= 0.6 is 11.8 Å². The second kappa shape index (κ2) is 11.5. The van der Waals surface area contributed by atoms with Crippen LogP contribution in [0.25, 0.3) is 0 Å². The van der Waals surface area contributed by atoms with Crippen molar-refractivity contribution in [1.82, 2.24) is 5.06 Å². The quantitative estimate of drug-likeness (QED) is 0.766. The van der Waals surface area contributed by atoms with Crippen molar-refractivity contribution in [1.29, 1.82) is 0 Å². The molecule has 1 aromatic carbocycles. The number of amides is 2. The molecule has 0 saturated carbocycles. The smallest absolute Gasteiger partial charge is 0.325 e. The zero-order valence-electron chi connectivity index (χ0n) is 15.1. The minimum atomic E-state index is -0.737. The molecule has 0 fully saturated rings. The van der Waals surface area contributed by atoms with Gasteiger partial charge in [0.1, 0.15) is 0 Å². The lowest BCUT2D eigenvalue weighted by Gasteiger charge is -2.15. The summed E-state index contributed by atoms with van der Waals surface area (Å²) in [6.45, 7) is 8.40. The number of benzene rings is 1. The Morgan fingerprint density at radius 1 is 1.17 bits per heavy atom. The lowest BCUT2D eigenvalue weighted by Crippen LogP contribution is -2.35. The van der Waals surface area contributed by atoms with Crippen LogP contribution in [-0.2, 0) is 14.4 Å². The van der Waals surface area contributed by atoms with Gasteiger partial charge in [-0.15, -0.1) is 16.8 Å². The maximum atomic E-state index is 11.6. The van der Waals surface area contributed by atoms with Crippen molar-refractivity contribution in [3.8, 4) is 0 Å². The number of hydroxylamine groups is 2. The van der Waals surface area contributed by atoms with Crippen LogP contribution in [0.2, 0.25) is 0 Å². The number of imide groups is 1. The van der Waals surface area contributed by atoms with Crippen molar-refractivity contribution in [3.05, 3.63) is 46.4 Å². The van der Waals surface area contributed by atoms with Crippen LogP contribution in [0, 0.1) is 6.92 Å². The lowest BCUT2D eigenvalue weighted by molar-refractivity contribution is -0.177. The van der Waals surface area contributed by atoms with E-state index in [1.165, 1.54) is 4.91 Å². The Morgan fingerprint density at radius 2 is 1.75 bits per heavy atom. The van der Waals surface area contributed by atoms with Gasteiger partial charge in [-0.2, -0.15) is 0 Å². The predicted octanol–water partition coefficient (Wildman–Crippen LogP) is 4.13. The van der Waals surface area contributed by atoms with Gasteiger partial charge in [-0.3, -0.25) is 9.59 Å². The molecule has 0 bridgehead atoms. The van der Waals surface area contributed by atoms with Crippen LogP contribution in [-0.4, -0.2) is 29.1 Å². The maximum absolute atomic E-state index is 11.6. The number of hydrogen-bond acceptors (Lipinski definition) is 5. The molecule has 0 atom stereocenters. The minimum Gasteiger partial charge on any atom is -0.325 e. The molecule has 2 amide bonds. The van der Waals surface area contributed by atoms with Gasteiger partial charge in [0.15, 0.2) is 0 Å². The third kappa shape index (κ3) is 8.53. The molecular formula is C18H25NO4S. The van der Waals surface area contributed by atoms with Crippen LogP contribution in [0.3, 0.4) is 0 Å². The van der Waals surface area contributed by atoms with E-state index in [4.69, 9.17) is 4.84 Å². The highest BCUT2D eigenvalue weighted by molar-refractivity contribution is 8.02. The van der Waals surface area contributed by atoms with Gasteiger partial charge in [-0.25, -0.2) is 4.79 Å². The first kappa shape index (κ1) is 21.9. The summed E-state index contributed by atoms with van der Waals surface area (Å²) < 4.78 is 0. The van der Waals surface area contributed by atoms with E-state index in [2.05, 4.69) is 26.2 Å². The summed E-state index contributed by atoms with van der Waals surface area (Å²) in [7, 11) is 0. The number of carbonyl (C=O) groups excluding carboxylic acids is 3. The molecule has 5 nitrogen and oxygen atoms in total. The molecule has 0 unspecified atom stereocenters. The second-order valence-corrected chi connectivity index (χ2v) is 6.06. The van der Waals surface area contributed by atoms with E-state index in [-0.39, 0.29) is 5.56 Å². The summed E-state index contributed by atoms with van der Waals surface area (Å²) in [5.74, 6) is -2.02. The largest absolute Gasteiger partial charge is 0.363 e. The Kier molecular flexibility index (Phi) is 10.5. The highest BCUT2D eigenvalue weighted by Gasteiger charge is 2.20. The van der Waals surface area contributed by atoms with E-state index in [1.54, 1.807) is 18.2 Å². The van der Waals surface area contributed by atoms with Gasteiger partial charge in [0.25, 0.3) is 11.8 Å². The Labute approximate surface area is 148 Å². The summed E-state index contributed by atoms with van der Waals surface area (Å²) in [6.07, 6.45) is 5.48. The summed E-state index contributed by atoms with van der Waals surface area (Å²) in [4.78, 5) is 39.9. The fourth-order valence-electron chi connectivity index (χ4n) is 1.63. The number of rotatable bonds is 3. The fraction of sp³-hybridized carbons (Fsp3) is 0.389. The first-order valence-corrected chi connectivity index (χ1v) is 8.76.